The molecule has 1 aromatic rings. The Bertz CT molecular complexity index is 603. The van der Waals surface area contributed by atoms with Crippen LogP contribution in [0.15, 0.2) is 24.3 Å². The average molecular weight is 333 g/mol. The Hall–Kier alpha value is -1.32. The molecule has 1 heterocycles. The normalized spacial score (nSPS) is 28.7. The van der Waals surface area contributed by atoms with Gasteiger partial charge in [0.15, 0.2) is 0 Å². The molecule has 1 aliphatic rings. The second-order valence-corrected chi connectivity index (χ2v) is 6.09. The smallest absolute Gasteiger partial charge is 0.387 e. The SMILES string of the molecule is NC(=O)c1cccc([C@H]2O[C@@H](COP(=O)(O)O)[C@@H](O)[C@@H]2O)c1. The minimum Gasteiger partial charge on any atom is -0.387 e. The Morgan fingerprint density at radius 2 is 2.00 bits per heavy atom. The zero-order valence-corrected chi connectivity index (χ0v) is 12.2. The second kappa shape index (κ2) is 6.43. The minimum atomic E-state index is -4.71. The monoisotopic (exact) mass is 333 g/mol. The standard InChI is InChI=1S/C12H16NO8P/c13-12(16)7-3-1-2-6(4-7)11-10(15)9(14)8(21-11)5-20-22(17,18)19/h1-4,8-11,14-15H,5H2,(H2,13,16)(H2,17,18,19)/t8-,9+,10-,11+/m0/s1. The maximum absolute atomic E-state index is 11.2. The summed E-state index contributed by atoms with van der Waals surface area (Å²) in [5.41, 5.74) is 5.78. The summed E-state index contributed by atoms with van der Waals surface area (Å²) in [6.07, 6.45) is -4.83. The Morgan fingerprint density at radius 3 is 2.59 bits per heavy atom. The first kappa shape index (κ1) is 17.0. The van der Waals surface area contributed by atoms with Gasteiger partial charge in [0.1, 0.15) is 24.4 Å². The molecule has 0 unspecified atom stereocenters. The number of ether oxygens (including phenoxy) is 1. The highest BCUT2D eigenvalue weighted by molar-refractivity contribution is 7.46. The van der Waals surface area contributed by atoms with Gasteiger partial charge >= 0.3 is 7.82 Å². The molecule has 0 aromatic heterocycles. The summed E-state index contributed by atoms with van der Waals surface area (Å²) < 4.78 is 20.3. The van der Waals surface area contributed by atoms with E-state index in [2.05, 4.69) is 4.52 Å². The maximum atomic E-state index is 11.2. The van der Waals surface area contributed by atoms with Crippen LogP contribution in [0, 0.1) is 0 Å². The number of aliphatic hydroxyl groups excluding tert-OH is 2. The van der Waals surface area contributed by atoms with E-state index in [-0.39, 0.29) is 5.56 Å². The molecule has 0 bridgehead atoms. The van der Waals surface area contributed by atoms with Gasteiger partial charge in [-0.1, -0.05) is 12.1 Å². The number of hydrogen-bond acceptors (Lipinski definition) is 6. The zero-order chi connectivity index (χ0) is 16.5. The summed E-state index contributed by atoms with van der Waals surface area (Å²) in [5, 5.41) is 19.9. The molecule has 1 aliphatic heterocycles. The molecule has 22 heavy (non-hydrogen) atoms. The quantitative estimate of drug-likeness (QED) is 0.431. The van der Waals surface area contributed by atoms with Crippen molar-refractivity contribution in [3.63, 3.8) is 0 Å². The number of nitrogens with two attached hydrogens (primary N) is 1. The van der Waals surface area contributed by atoms with Gasteiger partial charge in [0.25, 0.3) is 0 Å². The first-order valence-electron chi connectivity index (χ1n) is 6.30. The lowest BCUT2D eigenvalue weighted by atomic mass is 10.00. The highest BCUT2D eigenvalue weighted by Gasteiger charge is 2.44. The molecule has 10 heteroatoms. The van der Waals surface area contributed by atoms with E-state index in [1.54, 1.807) is 6.07 Å². The molecule has 1 amide bonds. The Labute approximate surface area is 125 Å². The number of carbonyl (C=O) groups excluding carboxylic acids is 1. The summed E-state index contributed by atoms with van der Waals surface area (Å²) in [7, 11) is -4.71. The number of hydrogen-bond donors (Lipinski definition) is 5. The number of amides is 1. The lowest BCUT2D eigenvalue weighted by Gasteiger charge is -2.15. The highest BCUT2D eigenvalue weighted by Crippen LogP contribution is 2.39. The lowest BCUT2D eigenvalue weighted by molar-refractivity contribution is -0.0223. The molecule has 1 fully saturated rings. The molecule has 1 saturated heterocycles. The summed E-state index contributed by atoms with van der Waals surface area (Å²) in [6.45, 7) is -0.589. The minimum absolute atomic E-state index is 0.206. The number of phosphoric acid groups is 1. The van der Waals surface area contributed by atoms with Crippen molar-refractivity contribution in [2.45, 2.75) is 24.4 Å². The van der Waals surface area contributed by atoms with E-state index >= 15 is 0 Å². The van der Waals surface area contributed by atoms with Crippen LogP contribution in [0.1, 0.15) is 22.0 Å². The summed E-state index contributed by atoms with van der Waals surface area (Å²) in [6, 6.07) is 6.00. The molecule has 6 N–H and O–H groups in total. The van der Waals surface area contributed by atoms with Gasteiger partial charge in [0, 0.05) is 5.56 Å². The van der Waals surface area contributed by atoms with E-state index in [1.807, 2.05) is 0 Å². The first-order valence-corrected chi connectivity index (χ1v) is 7.83. The molecule has 122 valence electrons. The van der Waals surface area contributed by atoms with Crippen molar-refractivity contribution in [2.24, 2.45) is 5.73 Å². The van der Waals surface area contributed by atoms with Crippen LogP contribution in [0.2, 0.25) is 0 Å². The third-order valence-electron chi connectivity index (χ3n) is 3.27. The van der Waals surface area contributed by atoms with E-state index in [0.717, 1.165) is 0 Å². The summed E-state index contributed by atoms with van der Waals surface area (Å²) >= 11 is 0. The van der Waals surface area contributed by atoms with Crippen LogP contribution in [0.5, 0.6) is 0 Å². The van der Waals surface area contributed by atoms with Gasteiger partial charge in [-0.05, 0) is 17.7 Å². The van der Waals surface area contributed by atoms with Crippen LogP contribution in [0.4, 0.5) is 0 Å². The van der Waals surface area contributed by atoms with Gasteiger partial charge < -0.3 is 30.5 Å². The second-order valence-electron chi connectivity index (χ2n) is 4.85. The fraction of sp³-hybridized carbons (Fsp3) is 0.417. The molecule has 0 spiro atoms. The molecule has 9 nitrogen and oxygen atoms in total. The lowest BCUT2D eigenvalue weighted by Crippen LogP contribution is -2.33. The van der Waals surface area contributed by atoms with E-state index < -0.39 is 44.8 Å². The van der Waals surface area contributed by atoms with Crippen LogP contribution in [-0.4, -0.2) is 50.8 Å². The van der Waals surface area contributed by atoms with Crippen LogP contribution in [0.25, 0.3) is 0 Å². The van der Waals surface area contributed by atoms with E-state index in [1.165, 1.54) is 18.2 Å². The Morgan fingerprint density at radius 1 is 1.32 bits per heavy atom. The van der Waals surface area contributed by atoms with E-state index in [9.17, 15) is 19.6 Å². The Kier molecular flexibility index (Phi) is 4.98. The van der Waals surface area contributed by atoms with Crippen LogP contribution in [-0.2, 0) is 13.8 Å². The van der Waals surface area contributed by atoms with Gasteiger partial charge in [0.2, 0.25) is 5.91 Å². The summed E-state index contributed by atoms with van der Waals surface area (Å²) in [4.78, 5) is 28.5. The Balaban J connectivity index is 2.14. The maximum Gasteiger partial charge on any atom is 0.469 e. The van der Waals surface area contributed by atoms with Crippen LogP contribution >= 0.6 is 7.82 Å². The number of carbonyl (C=O) groups is 1. The molecular weight excluding hydrogens is 317 g/mol. The largest absolute Gasteiger partial charge is 0.469 e. The first-order chi connectivity index (χ1) is 10.2. The third-order valence-corrected chi connectivity index (χ3v) is 3.75. The molecule has 4 atom stereocenters. The van der Waals surface area contributed by atoms with Crippen molar-refractivity contribution < 1.29 is 38.6 Å². The van der Waals surface area contributed by atoms with E-state index in [4.69, 9.17) is 20.3 Å². The van der Waals surface area contributed by atoms with Gasteiger partial charge in [-0.15, -0.1) is 0 Å². The fourth-order valence-electron chi connectivity index (χ4n) is 2.20. The highest BCUT2D eigenvalue weighted by atomic mass is 31.2. The zero-order valence-electron chi connectivity index (χ0n) is 11.3. The topological polar surface area (TPSA) is 160 Å². The number of phosphoric ester groups is 1. The number of benzene rings is 1. The summed E-state index contributed by atoms with van der Waals surface area (Å²) in [5.74, 6) is -0.656. The van der Waals surface area contributed by atoms with Crippen molar-refractivity contribution in [2.75, 3.05) is 6.61 Å². The molecular formula is C12H16NO8P. The number of rotatable bonds is 5. The van der Waals surface area contributed by atoms with Gasteiger partial charge in [0.05, 0.1) is 6.61 Å². The number of primary amides is 1. The number of aliphatic hydroxyl groups is 2. The van der Waals surface area contributed by atoms with Crippen molar-refractivity contribution >= 4 is 13.7 Å². The molecule has 0 aliphatic carbocycles. The molecule has 1 aromatic carbocycles. The van der Waals surface area contributed by atoms with E-state index in [0.29, 0.717) is 5.56 Å². The average Bonchev–Trinajstić information content (AvgIpc) is 2.72. The van der Waals surface area contributed by atoms with Gasteiger partial charge in [-0.2, -0.15) is 0 Å². The predicted molar refractivity (Wildman–Crippen MR) is 72.6 cm³/mol. The molecule has 0 radical (unpaired) electrons. The van der Waals surface area contributed by atoms with Crippen molar-refractivity contribution in [1.29, 1.82) is 0 Å². The fourth-order valence-corrected chi connectivity index (χ4v) is 2.54. The van der Waals surface area contributed by atoms with Crippen molar-refractivity contribution in [3.05, 3.63) is 35.4 Å². The van der Waals surface area contributed by atoms with Crippen molar-refractivity contribution in [3.8, 4) is 0 Å². The van der Waals surface area contributed by atoms with Gasteiger partial charge in [-0.3, -0.25) is 9.32 Å². The predicted octanol–water partition coefficient (Wildman–Crippen LogP) is -0.944. The molecule has 2 rings (SSSR count). The van der Waals surface area contributed by atoms with Crippen molar-refractivity contribution in [1.82, 2.24) is 0 Å². The van der Waals surface area contributed by atoms with Crippen LogP contribution in [0.3, 0.4) is 0 Å². The molecule has 0 saturated carbocycles. The van der Waals surface area contributed by atoms with Crippen LogP contribution < -0.4 is 5.73 Å². The van der Waals surface area contributed by atoms with Gasteiger partial charge in [-0.25, -0.2) is 4.57 Å². The third kappa shape index (κ3) is 3.90.